The van der Waals surface area contributed by atoms with Gasteiger partial charge in [-0.25, -0.2) is 0 Å². The van der Waals surface area contributed by atoms with Crippen LogP contribution in [0, 0.1) is 0 Å². The summed E-state index contributed by atoms with van der Waals surface area (Å²) in [5.41, 5.74) is 3.19. The molecule has 0 saturated heterocycles. The van der Waals surface area contributed by atoms with Gasteiger partial charge in [0.1, 0.15) is 0 Å². The summed E-state index contributed by atoms with van der Waals surface area (Å²) in [5, 5.41) is 2.97. The summed E-state index contributed by atoms with van der Waals surface area (Å²) in [7, 11) is 1.59. The largest absolute Gasteiger partial charge is 0.493 e. The molecule has 2 amide bonds. The van der Waals surface area contributed by atoms with Crippen molar-refractivity contribution in [1.82, 2.24) is 10.2 Å². The minimum Gasteiger partial charge on any atom is -0.493 e. The average Bonchev–Trinajstić information content (AvgIpc) is 2.73. The summed E-state index contributed by atoms with van der Waals surface area (Å²) in [6.07, 6.45) is 1.06. The first-order valence-electron chi connectivity index (χ1n) is 9.95. The van der Waals surface area contributed by atoms with Gasteiger partial charge in [0.25, 0.3) is 0 Å². The lowest BCUT2D eigenvalue weighted by Crippen LogP contribution is -2.41. The lowest BCUT2D eigenvalue weighted by atomic mass is 9.90. The second-order valence-electron chi connectivity index (χ2n) is 7.08. The Kier molecular flexibility index (Phi) is 6.75. The van der Waals surface area contributed by atoms with Crippen LogP contribution in [0.3, 0.4) is 0 Å². The number of methoxy groups -OCH3 is 1. The molecule has 0 bridgehead atoms. The van der Waals surface area contributed by atoms with Gasteiger partial charge in [0, 0.05) is 20.0 Å². The van der Waals surface area contributed by atoms with Crippen molar-refractivity contribution in [2.75, 3.05) is 20.3 Å². The van der Waals surface area contributed by atoms with Gasteiger partial charge >= 0.3 is 0 Å². The number of hydrogen-bond donors (Lipinski definition) is 1. The molecule has 1 unspecified atom stereocenters. The highest BCUT2D eigenvalue weighted by Crippen LogP contribution is 2.32. The van der Waals surface area contributed by atoms with E-state index in [-0.39, 0.29) is 24.3 Å². The summed E-state index contributed by atoms with van der Waals surface area (Å²) in [4.78, 5) is 26.6. The number of nitrogens with zero attached hydrogens (tertiary/aromatic N) is 1. The molecular weight excluding hydrogens is 368 g/mol. The predicted octanol–water partition coefficient (Wildman–Crippen LogP) is 3.25. The molecule has 2 aromatic rings. The van der Waals surface area contributed by atoms with Crippen molar-refractivity contribution < 1.29 is 19.1 Å². The first kappa shape index (κ1) is 20.7. The van der Waals surface area contributed by atoms with E-state index in [0.717, 1.165) is 17.5 Å². The van der Waals surface area contributed by atoms with E-state index in [9.17, 15) is 9.59 Å². The molecule has 154 valence electrons. The molecular formula is C23H28N2O4. The highest BCUT2D eigenvalue weighted by Gasteiger charge is 2.30. The van der Waals surface area contributed by atoms with Gasteiger partial charge in [-0.05, 0) is 42.2 Å². The van der Waals surface area contributed by atoms with Gasteiger partial charge in [-0.3, -0.25) is 9.59 Å². The summed E-state index contributed by atoms with van der Waals surface area (Å²) in [6.45, 7) is 5.06. The molecule has 3 rings (SSSR count). The number of hydrogen-bond acceptors (Lipinski definition) is 4. The number of carbonyl (C=O) groups excluding carboxylic acids is 2. The third-order valence-electron chi connectivity index (χ3n) is 5.21. The van der Waals surface area contributed by atoms with E-state index < -0.39 is 0 Å². The Morgan fingerprint density at radius 2 is 1.97 bits per heavy atom. The number of ether oxygens (including phenoxy) is 2. The van der Waals surface area contributed by atoms with E-state index in [1.807, 2.05) is 43.3 Å². The van der Waals surface area contributed by atoms with Crippen LogP contribution in [0.1, 0.15) is 43.0 Å². The highest BCUT2D eigenvalue weighted by molar-refractivity contribution is 5.79. The first-order chi connectivity index (χ1) is 14.0. The van der Waals surface area contributed by atoms with Gasteiger partial charge in [0.15, 0.2) is 11.5 Å². The fraction of sp³-hybridized carbons (Fsp3) is 0.391. The van der Waals surface area contributed by atoms with Crippen LogP contribution in [0.5, 0.6) is 11.5 Å². The third-order valence-corrected chi connectivity index (χ3v) is 5.21. The van der Waals surface area contributed by atoms with Crippen LogP contribution in [-0.4, -0.2) is 37.0 Å². The van der Waals surface area contributed by atoms with Gasteiger partial charge in [-0.2, -0.15) is 0 Å². The molecule has 1 N–H and O–H groups in total. The maximum absolute atomic E-state index is 12.7. The van der Waals surface area contributed by atoms with Crippen LogP contribution in [0.2, 0.25) is 0 Å². The van der Waals surface area contributed by atoms with Crippen molar-refractivity contribution in [2.24, 2.45) is 0 Å². The van der Waals surface area contributed by atoms with Crippen LogP contribution in [0.25, 0.3) is 0 Å². The van der Waals surface area contributed by atoms with Gasteiger partial charge in [0.2, 0.25) is 11.8 Å². The van der Waals surface area contributed by atoms with Crippen molar-refractivity contribution in [2.45, 2.75) is 39.3 Å². The van der Waals surface area contributed by atoms with Crippen molar-refractivity contribution >= 4 is 11.8 Å². The number of fused-ring (bicyclic) bond motifs is 1. The summed E-state index contributed by atoms with van der Waals surface area (Å²) in [6, 6.07) is 13.4. The minimum atomic E-state index is -0.229. The molecule has 0 aromatic heterocycles. The smallest absolute Gasteiger partial charge is 0.222 e. The fourth-order valence-corrected chi connectivity index (χ4v) is 3.79. The zero-order valence-corrected chi connectivity index (χ0v) is 17.2. The molecule has 1 atom stereocenters. The van der Waals surface area contributed by atoms with E-state index >= 15 is 0 Å². The number of carbonyl (C=O) groups is 2. The quantitative estimate of drug-likeness (QED) is 0.780. The van der Waals surface area contributed by atoms with Crippen LogP contribution in [-0.2, 0) is 22.6 Å². The molecule has 2 aromatic carbocycles. The van der Waals surface area contributed by atoms with Crippen molar-refractivity contribution in [3.05, 3.63) is 59.2 Å². The SMILES string of the molecule is CCOc1ccc(CNC(=O)CC2c3ccccc3CCN2C(C)=O)cc1OC. The standard InChI is InChI=1S/C23H28N2O4/c1-4-29-21-10-9-17(13-22(21)28-3)15-24-23(27)14-20-19-8-6-5-7-18(19)11-12-25(20)16(2)26/h5-10,13,20H,4,11-12,14-15H2,1-3H3,(H,24,27). The summed E-state index contributed by atoms with van der Waals surface area (Å²) < 4.78 is 10.9. The van der Waals surface area contributed by atoms with E-state index in [1.54, 1.807) is 18.9 Å². The first-order valence-corrected chi connectivity index (χ1v) is 9.95. The normalized spacial score (nSPS) is 15.4. The average molecular weight is 396 g/mol. The van der Waals surface area contributed by atoms with Crippen molar-refractivity contribution in [3.63, 3.8) is 0 Å². The molecule has 0 radical (unpaired) electrons. The number of amides is 2. The maximum Gasteiger partial charge on any atom is 0.222 e. The molecule has 0 saturated carbocycles. The van der Waals surface area contributed by atoms with Crippen LogP contribution >= 0.6 is 0 Å². The molecule has 1 aliphatic heterocycles. The highest BCUT2D eigenvalue weighted by atomic mass is 16.5. The lowest BCUT2D eigenvalue weighted by molar-refractivity contribution is -0.133. The Labute approximate surface area is 171 Å². The van der Waals surface area contributed by atoms with E-state index in [0.29, 0.717) is 31.2 Å². The Hall–Kier alpha value is -3.02. The predicted molar refractivity (Wildman–Crippen MR) is 111 cm³/mol. The minimum absolute atomic E-state index is 0.00597. The monoisotopic (exact) mass is 396 g/mol. The second-order valence-corrected chi connectivity index (χ2v) is 7.08. The Morgan fingerprint density at radius 1 is 1.17 bits per heavy atom. The van der Waals surface area contributed by atoms with Crippen molar-refractivity contribution in [1.29, 1.82) is 0 Å². The van der Waals surface area contributed by atoms with Gasteiger partial charge in [0.05, 0.1) is 26.2 Å². The molecule has 0 fully saturated rings. The van der Waals surface area contributed by atoms with E-state index in [2.05, 4.69) is 11.4 Å². The number of nitrogens with one attached hydrogen (secondary N) is 1. The van der Waals surface area contributed by atoms with Gasteiger partial charge in [-0.1, -0.05) is 30.3 Å². The fourth-order valence-electron chi connectivity index (χ4n) is 3.79. The molecule has 0 spiro atoms. The third kappa shape index (κ3) is 4.88. The lowest BCUT2D eigenvalue weighted by Gasteiger charge is -2.36. The molecule has 1 aliphatic rings. The van der Waals surface area contributed by atoms with Gasteiger partial charge in [-0.15, -0.1) is 0 Å². The molecule has 6 heteroatoms. The molecule has 0 aliphatic carbocycles. The van der Waals surface area contributed by atoms with E-state index in [1.165, 1.54) is 5.56 Å². The van der Waals surface area contributed by atoms with Crippen LogP contribution in [0.4, 0.5) is 0 Å². The number of rotatable bonds is 7. The Morgan fingerprint density at radius 3 is 2.69 bits per heavy atom. The molecule has 6 nitrogen and oxygen atoms in total. The topological polar surface area (TPSA) is 67.9 Å². The molecule has 1 heterocycles. The zero-order valence-electron chi connectivity index (χ0n) is 17.2. The van der Waals surface area contributed by atoms with E-state index in [4.69, 9.17) is 9.47 Å². The summed E-state index contributed by atoms with van der Waals surface area (Å²) in [5.74, 6) is 1.22. The van der Waals surface area contributed by atoms with Crippen molar-refractivity contribution in [3.8, 4) is 11.5 Å². The Balaban J connectivity index is 1.67. The zero-order chi connectivity index (χ0) is 20.8. The number of benzene rings is 2. The Bertz CT molecular complexity index is 881. The second kappa shape index (κ2) is 9.45. The summed E-state index contributed by atoms with van der Waals surface area (Å²) >= 11 is 0. The van der Waals surface area contributed by atoms with Crippen LogP contribution in [0.15, 0.2) is 42.5 Å². The maximum atomic E-state index is 12.7. The molecule has 29 heavy (non-hydrogen) atoms. The van der Waals surface area contributed by atoms with Crippen LogP contribution < -0.4 is 14.8 Å². The van der Waals surface area contributed by atoms with Gasteiger partial charge < -0.3 is 19.7 Å².